The molecule has 2 aromatic carbocycles. The second-order valence-electron chi connectivity index (χ2n) is 12.0. The molecule has 1 aromatic heterocycles. The van der Waals surface area contributed by atoms with Gasteiger partial charge in [-0.05, 0) is 42.8 Å². The van der Waals surface area contributed by atoms with Gasteiger partial charge in [-0.25, -0.2) is 9.59 Å². The second-order valence-corrected chi connectivity index (χ2v) is 14.8. The van der Waals surface area contributed by atoms with Crippen molar-refractivity contribution in [3.63, 3.8) is 0 Å². The lowest BCUT2D eigenvalue weighted by molar-refractivity contribution is -0.162. The molecule has 221 valence electrons. The van der Waals surface area contributed by atoms with E-state index < -0.39 is 26.6 Å². The molecule has 2 aliphatic heterocycles. The maximum atomic E-state index is 13.2. The number of carbonyl (C=O) groups excluding carboxylic acids is 1. The molecule has 9 nitrogen and oxygen atoms in total. The number of benzene rings is 2. The van der Waals surface area contributed by atoms with E-state index in [1.807, 2.05) is 38.1 Å². The van der Waals surface area contributed by atoms with Gasteiger partial charge in [0.15, 0.2) is 0 Å². The van der Waals surface area contributed by atoms with Crippen molar-refractivity contribution in [3.05, 3.63) is 81.9 Å². The van der Waals surface area contributed by atoms with Crippen LogP contribution in [0.15, 0.2) is 75.1 Å². The SMILES string of the molecule is CC(O[Si](C)C(C)(C)C)[C@H]1C(=O)N2C(C(=O)O)=C(COc3ccccc3COc3ccc4ccc(=O)oc4c3)[C@H](C)[C@H]12. The fourth-order valence-electron chi connectivity index (χ4n) is 5.56. The largest absolute Gasteiger partial charge is 0.489 e. The van der Waals surface area contributed by atoms with Crippen LogP contribution in [0.3, 0.4) is 0 Å². The van der Waals surface area contributed by atoms with Gasteiger partial charge in [0.2, 0.25) is 14.9 Å². The van der Waals surface area contributed by atoms with Crippen molar-refractivity contribution in [1.82, 2.24) is 4.90 Å². The van der Waals surface area contributed by atoms with Gasteiger partial charge < -0.3 is 28.3 Å². The number of fused-ring (bicyclic) bond motifs is 2. The van der Waals surface area contributed by atoms with E-state index in [0.29, 0.717) is 22.7 Å². The predicted octanol–water partition coefficient (Wildman–Crippen LogP) is 5.39. The summed E-state index contributed by atoms with van der Waals surface area (Å²) in [6.07, 6.45) is -0.310. The number of carboxylic acid groups (broad SMARTS) is 1. The first-order chi connectivity index (χ1) is 19.9. The number of hydrogen-bond acceptors (Lipinski definition) is 7. The molecule has 1 unspecified atom stereocenters. The van der Waals surface area contributed by atoms with Crippen molar-refractivity contribution < 1.29 is 33.0 Å². The third-order valence-electron chi connectivity index (χ3n) is 8.27. The molecule has 1 radical (unpaired) electrons. The van der Waals surface area contributed by atoms with Crippen LogP contribution in [0.4, 0.5) is 0 Å². The fourth-order valence-corrected chi connectivity index (χ4v) is 6.62. The second kappa shape index (κ2) is 11.4. The van der Waals surface area contributed by atoms with E-state index in [9.17, 15) is 19.5 Å². The predicted molar refractivity (Wildman–Crippen MR) is 159 cm³/mol. The van der Waals surface area contributed by atoms with Crippen LogP contribution in [0.25, 0.3) is 11.0 Å². The number of hydrogen-bond donors (Lipinski definition) is 1. The highest BCUT2D eigenvalue weighted by molar-refractivity contribution is 6.53. The summed E-state index contributed by atoms with van der Waals surface area (Å²) in [5.41, 5.74) is 1.34. The summed E-state index contributed by atoms with van der Waals surface area (Å²) in [7, 11) is -1.18. The molecule has 0 bridgehead atoms. The van der Waals surface area contributed by atoms with Crippen LogP contribution in [0.1, 0.15) is 40.2 Å². The summed E-state index contributed by atoms with van der Waals surface area (Å²) in [6.45, 7) is 12.6. The number of amides is 1. The molecule has 1 amide bonds. The number of β-lactam (4-membered cyclic amide) rings is 1. The van der Waals surface area contributed by atoms with Crippen molar-refractivity contribution in [2.75, 3.05) is 6.61 Å². The molecule has 42 heavy (non-hydrogen) atoms. The molecule has 0 saturated carbocycles. The van der Waals surface area contributed by atoms with Crippen LogP contribution in [0.5, 0.6) is 11.5 Å². The van der Waals surface area contributed by atoms with Crippen LogP contribution in [0.2, 0.25) is 11.6 Å². The summed E-state index contributed by atoms with van der Waals surface area (Å²) >= 11 is 0. The number of ether oxygens (including phenoxy) is 2. The third-order valence-corrected chi connectivity index (χ3v) is 11.1. The zero-order valence-corrected chi connectivity index (χ0v) is 25.7. The van der Waals surface area contributed by atoms with E-state index in [1.165, 1.54) is 11.0 Å². The Morgan fingerprint density at radius 1 is 1.07 bits per heavy atom. The number of nitrogens with zero attached hydrogens (tertiary/aromatic N) is 1. The lowest BCUT2D eigenvalue weighted by atomic mass is 9.78. The van der Waals surface area contributed by atoms with Crippen molar-refractivity contribution >= 4 is 31.9 Å². The molecule has 1 N–H and O–H groups in total. The van der Waals surface area contributed by atoms with E-state index in [0.717, 1.165) is 10.9 Å². The standard InChI is InChI=1S/C32H36NO8Si/c1-18-23(29(31(36)37)33-28(18)27(30(33)35)19(2)41-42(6)32(3,4)5)17-39-24-10-8-7-9-21(24)16-38-22-13-11-20-12-14-26(34)40-25(20)15-22/h7-15,18-19,27-28H,16-17H2,1-6H3,(H,36,37)/t18-,19?,27+,28+/m0/s1. The van der Waals surface area contributed by atoms with Gasteiger partial charge in [0.25, 0.3) is 0 Å². The summed E-state index contributed by atoms with van der Waals surface area (Å²) in [5, 5.41) is 10.9. The Kier molecular flexibility index (Phi) is 8.04. The number of aliphatic carboxylic acids is 1. The fraction of sp³-hybridized carbons (Fsp3) is 0.406. The van der Waals surface area contributed by atoms with Gasteiger partial charge in [-0.15, -0.1) is 0 Å². The lowest BCUT2D eigenvalue weighted by Gasteiger charge is -2.48. The first-order valence-corrected chi connectivity index (χ1v) is 15.9. The summed E-state index contributed by atoms with van der Waals surface area (Å²) in [5.74, 6) is -0.885. The van der Waals surface area contributed by atoms with Crippen LogP contribution in [-0.2, 0) is 20.6 Å². The van der Waals surface area contributed by atoms with Gasteiger partial charge in [-0.1, -0.05) is 45.9 Å². The van der Waals surface area contributed by atoms with E-state index in [2.05, 4.69) is 27.3 Å². The Bertz CT molecular complexity index is 1610. The normalized spacial score (nSPS) is 21.0. The maximum Gasteiger partial charge on any atom is 0.352 e. The molecule has 4 atom stereocenters. The van der Waals surface area contributed by atoms with Gasteiger partial charge in [0.1, 0.15) is 36.0 Å². The molecular formula is C32H36NO8Si. The minimum atomic E-state index is -1.18. The minimum Gasteiger partial charge on any atom is -0.489 e. The number of carboxylic acids is 1. The van der Waals surface area contributed by atoms with Gasteiger partial charge in [0, 0.05) is 34.6 Å². The average Bonchev–Trinajstić information content (AvgIpc) is 3.18. The minimum absolute atomic E-state index is 0.00480. The molecule has 5 rings (SSSR count). The highest BCUT2D eigenvalue weighted by Crippen LogP contribution is 2.48. The van der Waals surface area contributed by atoms with E-state index in [-0.39, 0.29) is 47.9 Å². The van der Waals surface area contributed by atoms with Crippen molar-refractivity contribution in [1.29, 1.82) is 0 Å². The van der Waals surface area contributed by atoms with Gasteiger partial charge >= 0.3 is 11.6 Å². The molecule has 0 aliphatic carbocycles. The Morgan fingerprint density at radius 2 is 1.79 bits per heavy atom. The van der Waals surface area contributed by atoms with Crippen LogP contribution in [0, 0.1) is 11.8 Å². The van der Waals surface area contributed by atoms with Crippen LogP contribution < -0.4 is 15.1 Å². The molecule has 3 heterocycles. The summed E-state index contributed by atoms with van der Waals surface area (Å²) in [6, 6.07) is 15.4. The van der Waals surface area contributed by atoms with Gasteiger partial charge in [-0.2, -0.15) is 0 Å². The number of rotatable bonds is 10. The molecule has 1 fully saturated rings. The Labute approximate surface area is 246 Å². The molecule has 2 aliphatic rings. The van der Waals surface area contributed by atoms with Crippen LogP contribution >= 0.6 is 0 Å². The Morgan fingerprint density at radius 3 is 2.50 bits per heavy atom. The van der Waals surface area contributed by atoms with E-state index in [4.69, 9.17) is 18.3 Å². The molecular weight excluding hydrogens is 554 g/mol. The summed E-state index contributed by atoms with van der Waals surface area (Å²) in [4.78, 5) is 38.6. The van der Waals surface area contributed by atoms with Gasteiger partial charge in [-0.3, -0.25) is 4.79 Å². The smallest absolute Gasteiger partial charge is 0.352 e. The first kappa shape index (κ1) is 29.6. The Balaban J connectivity index is 1.30. The van der Waals surface area contributed by atoms with E-state index in [1.54, 1.807) is 24.3 Å². The van der Waals surface area contributed by atoms with Crippen molar-refractivity contribution in [3.8, 4) is 11.5 Å². The van der Waals surface area contributed by atoms with Gasteiger partial charge in [0.05, 0.1) is 18.1 Å². The average molecular weight is 591 g/mol. The first-order valence-electron chi connectivity index (χ1n) is 14.0. The molecule has 1 saturated heterocycles. The zero-order valence-electron chi connectivity index (χ0n) is 24.7. The monoisotopic (exact) mass is 590 g/mol. The van der Waals surface area contributed by atoms with Crippen molar-refractivity contribution in [2.24, 2.45) is 11.8 Å². The zero-order chi connectivity index (χ0) is 30.3. The third kappa shape index (κ3) is 5.60. The summed E-state index contributed by atoms with van der Waals surface area (Å²) < 4.78 is 23.7. The topological polar surface area (TPSA) is 116 Å². The number of carbonyl (C=O) groups is 2. The molecule has 0 spiro atoms. The quantitative estimate of drug-likeness (QED) is 0.190. The molecule has 10 heteroatoms. The highest BCUT2D eigenvalue weighted by Gasteiger charge is 2.60. The lowest BCUT2D eigenvalue weighted by Crippen LogP contribution is -2.64. The highest BCUT2D eigenvalue weighted by atomic mass is 28.3. The molecule has 3 aromatic rings. The van der Waals surface area contributed by atoms with Crippen molar-refractivity contribution in [2.45, 2.75) is 65.0 Å². The van der Waals surface area contributed by atoms with Crippen LogP contribution in [-0.4, -0.2) is 49.7 Å². The number of para-hydroxylation sites is 1. The maximum absolute atomic E-state index is 13.2. The Hall–Kier alpha value is -3.89. The van der Waals surface area contributed by atoms with E-state index >= 15 is 0 Å².